The summed E-state index contributed by atoms with van der Waals surface area (Å²) in [6, 6.07) is 7.51. The van der Waals surface area contributed by atoms with Gasteiger partial charge in [0.1, 0.15) is 9.79 Å². The van der Waals surface area contributed by atoms with Crippen LogP contribution in [0.4, 0.5) is 5.69 Å². The lowest BCUT2D eigenvalue weighted by molar-refractivity contribution is 0.475. The molecule has 1 aromatic carbocycles. The minimum Gasteiger partial charge on any atom is -0.265 e. The SMILES string of the molecule is CN(C)S(=O)(=O)c1ccccc1S(=O)(=O)N1CC2(CCCC2)c2cnccc21. The molecule has 2 aromatic rings. The largest absolute Gasteiger partial charge is 0.265 e. The highest BCUT2D eigenvalue weighted by molar-refractivity contribution is 7.94. The third kappa shape index (κ3) is 2.75. The van der Waals surface area contributed by atoms with Gasteiger partial charge in [0.15, 0.2) is 0 Å². The number of rotatable bonds is 4. The normalized spacial score (nSPS) is 18.8. The van der Waals surface area contributed by atoms with Crippen molar-refractivity contribution in [2.24, 2.45) is 0 Å². The Kier molecular flexibility index (Phi) is 4.52. The highest BCUT2D eigenvalue weighted by Gasteiger charge is 2.49. The molecule has 1 spiro atoms. The lowest BCUT2D eigenvalue weighted by Gasteiger charge is -2.26. The predicted octanol–water partition coefficient (Wildman–Crippen LogP) is 2.35. The quantitative estimate of drug-likeness (QED) is 0.756. The highest BCUT2D eigenvalue weighted by atomic mass is 32.2. The minimum atomic E-state index is -4.06. The average molecular weight is 422 g/mol. The van der Waals surface area contributed by atoms with E-state index >= 15 is 0 Å². The molecule has 150 valence electrons. The molecular weight excluding hydrogens is 398 g/mol. The molecule has 0 N–H and O–H groups in total. The number of nitrogens with zero attached hydrogens (tertiary/aromatic N) is 3. The second kappa shape index (κ2) is 6.53. The maximum Gasteiger partial charge on any atom is 0.265 e. The summed E-state index contributed by atoms with van der Waals surface area (Å²) < 4.78 is 55.2. The van der Waals surface area contributed by atoms with Crippen molar-refractivity contribution in [1.82, 2.24) is 9.29 Å². The lowest BCUT2D eigenvalue weighted by atomic mass is 9.82. The molecule has 0 radical (unpaired) electrons. The Morgan fingerprint density at radius 2 is 1.64 bits per heavy atom. The zero-order chi connectivity index (χ0) is 20.2. The number of aromatic nitrogens is 1. The summed E-state index contributed by atoms with van der Waals surface area (Å²) in [5.74, 6) is 0. The number of hydrogen-bond acceptors (Lipinski definition) is 5. The Bertz CT molecular complexity index is 1120. The molecule has 0 amide bonds. The number of anilines is 1. The number of benzene rings is 1. The second-order valence-corrected chi connectivity index (χ2v) is 11.6. The van der Waals surface area contributed by atoms with Crippen molar-refractivity contribution in [3.63, 3.8) is 0 Å². The van der Waals surface area contributed by atoms with E-state index < -0.39 is 20.0 Å². The number of sulfonamides is 2. The van der Waals surface area contributed by atoms with Crippen LogP contribution < -0.4 is 4.31 Å². The third-order valence-corrected chi connectivity index (χ3v) is 9.64. The van der Waals surface area contributed by atoms with Crippen LogP contribution in [0.3, 0.4) is 0 Å². The predicted molar refractivity (Wildman–Crippen MR) is 106 cm³/mol. The Morgan fingerprint density at radius 1 is 1.00 bits per heavy atom. The second-order valence-electron chi connectivity index (χ2n) is 7.63. The third-order valence-electron chi connectivity index (χ3n) is 5.82. The van der Waals surface area contributed by atoms with Crippen molar-refractivity contribution in [3.05, 3.63) is 48.3 Å². The molecule has 1 fully saturated rings. The van der Waals surface area contributed by atoms with Crippen LogP contribution in [0.25, 0.3) is 0 Å². The van der Waals surface area contributed by atoms with Crippen LogP contribution in [0.15, 0.2) is 52.5 Å². The van der Waals surface area contributed by atoms with Gasteiger partial charge < -0.3 is 0 Å². The van der Waals surface area contributed by atoms with E-state index in [4.69, 9.17) is 0 Å². The fourth-order valence-corrected chi connectivity index (χ4v) is 7.59. The maximum atomic E-state index is 13.6. The van der Waals surface area contributed by atoms with E-state index in [1.165, 1.54) is 36.6 Å². The van der Waals surface area contributed by atoms with Crippen molar-refractivity contribution < 1.29 is 16.8 Å². The zero-order valence-electron chi connectivity index (χ0n) is 15.9. The molecule has 1 aliphatic heterocycles. The van der Waals surface area contributed by atoms with E-state index in [-0.39, 0.29) is 15.2 Å². The van der Waals surface area contributed by atoms with Crippen LogP contribution in [-0.4, -0.2) is 46.8 Å². The van der Waals surface area contributed by atoms with Crippen molar-refractivity contribution >= 4 is 25.7 Å². The summed E-state index contributed by atoms with van der Waals surface area (Å²) in [6.45, 7) is 0.326. The van der Waals surface area contributed by atoms with Crippen LogP contribution >= 0.6 is 0 Å². The first-order valence-electron chi connectivity index (χ1n) is 9.19. The van der Waals surface area contributed by atoms with Gasteiger partial charge in [-0.15, -0.1) is 0 Å². The molecule has 2 heterocycles. The van der Waals surface area contributed by atoms with Gasteiger partial charge in [0.2, 0.25) is 10.0 Å². The van der Waals surface area contributed by atoms with E-state index in [0.29, 0.717) is 12.2 Å². The molecule has 28 heavy (non-hydrogen) atoms. The minimum absolute atomic E-state index is 0.193. The molecular formula is C19H23N3O4S2. The molecule has 2 aliphatic rings. The van der Waals surface area contributed by atoms with Gasteiger partial charge in [-0.2, -0.15) is 0 Å². The first kappa shape index (κ1) is 19.4. The average Bonchev–Trinajstić information content (AvgIpc) is 3.28. The van der Waals surface area contributed by atoms with Crippen molar-refractivity contribution in [1.29, 1.82) is 0 Å². The van der Waals surface area contributed by atoms with Gasteiger partial charge in [0.25, 0.3) is 10.0 Å². The highest BCUT2D eigenvalue weighted by Crippen LogP contribution is 2.51. The molecule has 1 saturated carbocycles. The van der Waals surface area contributed by atoms with Gasteiger partial charge in [0, 0.05) is 44.0 Å². The molecule has 1 aliphatic carbocycles. The summed E-state index contributed by atoms with van der Waals surface area (Å²) >= 11 is 0. The number of fused-ring (bicyclic) bond motifs is 2. The Balaban J connectivity index is 1.88. The standard InChI is InChI=1S/C19H23N3O4S2/c1-21(2)27(23,24)17-7-3-4-8-18(17)28(25,26)22-14-19(10-5-6-11-19)15-13-20-12-9-16(15)22/h3-4,7-9,12-13H,5-6,10-11,14H2,1-2H3. The summed E-state index contributed by atoms with van der Waals surface area (Å²) in [5.41, 5.74) is 1.32. The van der Waals surface area contributed by atoms with Gasteiger partial charge >= 0.3 is 0 Å². The molecule has 4 rings (SSSR count). The Morgan fingerprint density at radius 3 is 2.29 bits per heavy atom. The van der Waals surface area contributed by atoms with E-state index in [1.54, 1.807) is 24.5 Å². The van der Waals surface area contributed by atoms with Crippen LogP contribution in [0.2, 0.25) is 0 Å². The molecule has 9 heteroatoms. The van der Waals surface area contributed by atoms with Crippen LogP contribution in [0.1, 0.15) is 31.2 Å². The first-order chi connectivity index (χ1) is 13.2. The number of pyridine rings is 1. The maximum absolute atomic E-state index is 13.6. The van der Waals surface area contributed by atoms with Crippen LogP contribution in [-0.2, 0) is 25.5 Å². The molecule has 0 bridgehead atoms. The fraction of sp³-hybridized carbons (Fsp3) is 0.421. The van der Waals surface area contributed by atoms with Gasteiger partial charge in [0.05, 0.1) is 5.69 Å². The smallest absolute Gasteiger partial charge is 0.265 e. The van der Waals surface area contributed by atoms with Crippen molar-refractivity contribution in [2.45, 2.75) is 40.9 Å². The topological polar surface area (TPSA) is 87.7 Å². The van der Waals surface area contributed by atoms with E-state index in [2.05, 4.69) is 4.98 Å². The molecule has 1 aromatic heterocycles. The molecule has 0 unspecified atom stereocenters. The van der Waals surface area contributed by atoms with Crippen molar-refractivity contribution in [2.75, 3.05) is 24.9 Å². The van der Waals surface area contributed by atoms with Gasteiger partial charge in [-0.1, -0.05) is 25.0 Å². The first-order valence-corrected chi connectivity index (χ1v) is 12.1. The summed E-state index contributed by atoms with van der Waals surface area (Å²) in [7, 11) is -5.19. The summed E-state index contributed by atoms with van der Waals surface area (Å²) in [5, 5.41) is 0. The Labute approximate surface area is 166 Å². The van der Waals surface area contributed by atoms with Crippen LogP contribution in [0.5, 0.6) is 0 Å². The Hall–Kier alpha value is -1.97. The summed E-state index contributed by atoms with van der Waals surface area (Å²) in [6.07, 6.45) is 7.27. The fourth-order valence-electron chi connectivity index (χ4n) is 4.34. The monoisotopic (exact) mass is 421 g/mol. The number of hydrogen-bond donors (Lipinski definition) is 0. The van der Waals surface area contributed by atoms with Gasteiger partial charge in [-0.25, -0.2) is 21.1 Å². The van der Waals surface area contributed by atoms with E-state index in [9.17, 15) is 16.8 Å². The summed E-state index contributed by atoms with van der Waals surface area (Å²) in [4.78, 5) is 3.82. The molecule has 0 atom stereocenters. The van der Waals surface area contributed by atoms with E-state index in [0.717, 1.165) is 35.6 Å². The van der Waals surface area contributed by atoms with E-state index in [1.807, 2.05) is 0 Å². The zero-order valence-corrected chi connectivity index (χ0v) is 17.5. The lowest BCUT2D eigenvalue weighted by Crippen LogP contribution is -2.36. The van der Waals surface area contributed by atoms with Gasteiger partial charge in [-0.3, -0.25) is 9.29 Å². The van der Waals surface area contributed by atoms with Crippen LogP contribution in [0, 0.1) is 0 Å². The molecule has 0 saturated heterocycles. The van der Waals surface area contributed by atoms with Gasteiger partial charge in [-0.05, 0) is 31.0 Å². The van der Waals surface area contributed by atoms with Crippen molar-refractivity contribution in [3.8, 4) is 0 Å². The molecule has 7 nitrogen and oxygen atoms in total.